The standard InChI is InChI=1S/C17H27N3O2/c1-2-19-10-12-20(13-11-19)9-5-8-18-17(22)14-15-6-3-4-7-16(15)21/h3-4,6-7,21H,2,5,8-14H2,1H3,(H,18,22). The second-order valence-corrected chi connectivity index (χ2v) is 5.78. The van der Waals surface area contributed by atoms with Crippen molar-refractivity contribution in [3.63, 3.8) is 0 Å². The number of nitrogens with zero attached hydrogens (tertiary/aromatic N) is 2. The second-order valence-electron chi connectivity index (χ2n) is 5.78. The highest BCUT2D eigenvalue weighted by atomic mass is 16.3. The molecule has 0 atom stereocenters. The summed E-state index contributed by atoms with van der Waals surface area (Å²) < 4.78 is 0. The minimum absolute atomic E-state index is 0.0303. The molecular weight excluding hydrogens is 278 g/mol. The number of aromatic hydroxyl groups is 1. The predicted octanol–water partition coefficient (Wildman–Crippen LogP) is 1.08. The van der Waals surface area contributed by atoms with Crippen molar-refractivity contribution in [2.24, 2.45) is 0 Å². The van der Waals surface area contributed by atoms with Crippen molar-refractivity contribution in [3.8, 4) is 5.75 Å². The second kappa shape index (κ2) is 8.76. The molecule has 2 rings (SSSR count). The van der Waals surface area contributed by atoms with Gasteiger partial charge in [0, 0.05) is 38.3 Å². The molecule has 0 bridgehead atoms. The Morgan fingerprint density at radius 2 is 1.86 bits per heavy atom. The number of benzene rings is 1. The van der Waals surface area contributed by atoms with E-state index in [0.717, 1.165) is 45.7 Å². The average Bonchev–Trinajstić information content (AvgIpc) is 2.54. The van der Waals surface area contributed by atoms with Crippen LogP contribution in [0.2, 0.25) is 0 Å². The van der Waals surface area contributed by atoms with Gasteiger partial charge in [-0.15, -0.1) is 0 Å². The number of amides is 1. The number of carbonyl (C=O) groups excluding carboxylic acids is 1. The minimum Gasteiger partial charge on any atom is -0.508 e. The molecule has 1 saturated heterocycles. The first-order chi connectivity index (χ1) is 10.7. The fourth-order valence-corrected chi connectivity index (χ4v) is 2.76. The molecule has 22 heavy (non-hydrogen) atoms. The number of piperazine rings is 1. The average molecular weight is 305 g/mol. The number of para-hydroxylation sites is 1. The lowest BCUT2D eigenvalue weighted by atomic mass is 10.1. The molecule has 1 amide bonds. The maximum Gasteiger partial charge on any atom is 0.224 e. The lowest BCUT2D eigenvalue weighted by Gasteiger charge is -2.33. The predicted molar refractivity (Wildman–Crippen MR) is 88.0 cm³/mol. The van der Waals surface area contributed by atoms with Gasteiger partial charge in [-0.3, -0.25) is 4.79 Å². The molecule has 0 radical (unpaired) electrons. The van der Waals surface area contributed by atoms with Crippen LogP contribution in [0.15, 0.2) is 24.3 Å². The number of phenols is 1. The highest BCUT2D eigenvalue weighted by Gasteiger charge is 2.14. The zero-order valence-electron chi connectivity index (χ0n) is 13.4. The number of nitrogens with one attached hydrogen (secondary N) is 1. The van der Waals surface area contributed by atoms with E-state index in [1.54, 1.807) is 18.2 Å². The number of carbonyl (C=O) groups is 1. The van der Waals surface area contributed by atoms with Crippen molar-refractivity contribution >= 4 is 5.91 Å². The van der Waals surface area contributed by atoms with Gasteiger partial charge in [0.15, 0.2) is 0 Å². The molecule has 1 heterocycles. The minimum atomic E-state index is -0.0303. The molecule has 1 aromatic rings. The molecule has 1 aromatic carbocycles. The smallest absolute Gasteiger partial charge is 0.224 e. The summed E-state index contributed by atoms with van der Waals surface area (Å²) in [5.74, 6) is 0.156. The van der Waals surface area contributed by atoms with Crippen LogP contribution in [0.3, 0.4) is 0 Å². The van der Waals surface area contributed by atoms with Crippen LogP contribution in [0.1, 0.15) is 18.9 Å². The molecule has 0 unspecified atom stereocenters. The number of hydrogen-bond donors (Lipinski definition) is 2. The molecule has 122 valence electrons. The summed E-state index contributed by atoms with van der Waals surface area (Å²) in [5, 5.41) is 12.6. The Kier molecular flexibility index (Phi) is 6.68. The summed E-state index contributed by atoms with van der Waals surface area (Å²) in [7, 11) is 0. The Labute approximate surface area is 132 Å². The van der Waals surface area contributed by atoms with Gasteiger partial charge in [0.2, 0.25) is 5.91 Å². The summed E-state index contributed by atoms with van der Waals surface area (Å²) in [6.07, 6.45) is 1.21. The van der Waals surface area contributed by atoms with Crippen molar-refractivity contribution in [2.75, 3.05) is 45.8 Å². The van der Waals surface area contributed by atoms with Gasteiger partial charge >= 0.3 is 0 Å². The topological polar surface area (TPSA) is 55.8 Å². The van der Waals surface area contributed by atoms with E-state index in [0.29, 0.717) is 12.1 Å². The Bertz CT molecular complexity index is 471. The van der Waals surface area contributed by atoms with E-state index in [1.807, 2.05) is 6.07 Å². The maximum absolute atomic E-state index is 11.9. The summed E-state index contributed by atoms with van der Waals surface area (Å²) in [5.41, 5.74) is 0.677. The van der Waals surface area contributed by atoms with Crippen molar-refractivity contribution < 1.29 is 9.90 Å². The summed E-state index contributed by atoms with van der Waals surface area (Å²) in [6.45, 7) is 9.62. The first-order valence-corrected chi connectivity index (χ1v) is 8.17. The van der Waals surface area contributed by atoms with E-state index in [1.165, 1.54) is 0 Å². The molecule has 2 N–H and O–H groups in total. The van der Waals surface area contributed by atoms with E-state index >= 15 is 0 Å². The lowest BCUT2D eigenvalue weighted by Crippen LogP contribution is -2.46. The monoisotopic (exact) mass is 305 g/mol. The number of hydrogen-bond acceptors (Lipinski definition) is 4. The van der Waals surface area contributed by atoms with Crippen LogP contribution in [0, 0.1) is 0 Å². The number of likely N-dealkylation sites (N-methyl/N-ethyl adjacent to an activating group) is 1. The van der Waals surface area contributed by atoms with Gasteiger partial charge in [-0.1, -0.05) is 25.1 Å². The SMILES string of the molecule is CCN1CCN(CCCNC(=O)Cc2ccccc2O)CC1. The lowest BCUT2D eigenvalue weighted by molar-refractivity contribution is -0.120. The van der Waals surface area contributed by atoms with Gasteiger partial charge in [-0.25, -0.2) is 0 Å². The molecule has 5 nitrogen and oxygen atoms in total. The van der Waals surface area contributed by atoms with Crippen LogP contribution < -0.4 is 5.32 Å². The third kappa shape index (κ3) is 5.31. The summed E-state index contributed by atoms with van der Waals surface area (Å²) in [4.78, 5) is 16.8. The summed E-state index contributed by atoms with van der Waals surface area (Å²) >= 11 is 0. The van der Waals surface area contributed by atoms with Crippen LogP contribution in [0.5, 0.6) is 5.75 Å². The van der Waals surface area contributed by atoms with Crippen molar-refractivity contribution in [2.45, 2.75) is 19.8 Å². The zero-order chi connectivity index (χ0) is 15.8. The number of rotatable bonds is 7. The normalized spacial score (nSPS) is 16.6. The van der Waals surface area contributed by atoms with E-state index in [2.05, 4.69) is 22.0 Å². The molecular formula is C17H27N3O2. The van der Waals surface area contributed by atoms with Crippen LogP contribution in [-0.2, 0) is 11.2 Å². The van der Waals surface area contributed by atoms with Gasteiger partial charge in [-0.05, 0) is 25.6 Å². The van der Waals surface area contributed by atoms with Gasteiger partial charge < -0.3 is 20.2 Å². The van der Waals surface area contributed by atoms with Gasteiger partial charge in [0.05, 0.1) is 6.42 Å². The first-order valence-electron chi connectivity index (χ1n) is 8.17. The highest BCUT2D eigenvalue weighted by molar-refractivity contribution is 5.79. The molecule has 1 aliphatic rings. The van der Waals surface area contributed by atoms with Crippen molar-refractivity contribution in [3.05, 3.63) is 29.8 Å². The molecule has 0 aromatic heterocycles. The van der Waals surface area contributed by atoms with Gasteiger partial charge in [0.25, 0.3) is 0 Å². The Hall–Kier alpha value is -1.59. The third-order valence-electron chi connectivity index (χ3n) is 4.23. The molecule has 0 saturated carbocycles. The Morgan fingerprint density at radius 3 is 2.55 bits per heavy atom. The zero-order valence-corrected chi connectivity index (χ0v) is 13.4. The van der Waals surface area contributed by atoms with Crippen molar-refractivity contribution in [1.29, 1.82) is 0 Å². The maximum atomic E-state index is 11.9. The van der Waals surface area contributed by atoms with E-state index in [9.17, 15) is 9.90 Å². The van der Waals surface area contributed by atoms with E-state index < -0.39 is 0 Å². The first kappa shape index (κ1) is 16.8. The van der Waals surface area contributed by atoms with E-state index in [4.69, 9.17) is 0 Å². The Balaban J connectivity index is 1.59. The van der Waals surface area contributed by atoms with Crippen molar-refractivity contribution in [1.82, 2.24) is 15.1 Å². The fourth-order valence-electron chi connectivity index (χ4n) is 2.76. The van der Waals surface area contributed by atoms with Crippen LogP contribution in [0.25, 0.3) is 0 Å². The highest BCUT2D eigenvalue weighted by Crippen LogP contribution is 2.15. The van der Waals surface area contributed by atoms with Gasteiger partial charge in [-0.2, -0.15) is 0 Å². The summed E-state index contributed by atoms with van der Waals surface area (Å²) in [6, 6.07) is 6.98. The molecule has 5 heteroatoms. The molecule has 0 spiro atoms. The molecule has 1 fully saturated rings. The third-order valence-corrected chi connectivity index (χ3v) is 4.23. The van der Waals surface area contributed by atoms with Crippen LogP contribution in [0.4, 0.5) is 0 Å². The molecule has 0 aliphatic carbocycles. The van der Waals surface area contributed by atoms with Gasteiger partial charge in [0.1, 0.15) is 5.75 Å². The van der Waals surface area contributed by atoms with Crippen LogP contribution in [-0.4, -0.2) is 66.6 Å². The quantitative estimate of drug-likeness (QED) is 0.740. The van der Waals surface area contributed by atoms with E-state index in [-0.39, 0.29) is 18.1 Å². The fraction of sp³-hybridized carbons (Fsp3) is 0.588. The molecule has 1 aliphatic heterocycles. The van der Waals surface area contributed by atoms with Crippen LogP contribution >= 0.6 is 0 Å². The Morgan fingerprint density at radius 1 is 1.18 bits per heavy atom. The largest absolute Gasteiger partial charge is 0.508 e. The number of phenolic OH excluding ortho intramolecular Hbond substituents is 1.